The first-order valence-electron chi connectivity index (χ1n) is 18.3. The molecule has 0 unspecified atom stereocenters. The van der Waals surface area contributed by atoms with Crippen molar-refractivity contribution in [2.24, 2.45) is 0 Å². The molecule has 0 aromatic heterocycles. The second-order valence-corrected chi connectivity index (χ2v) is 11.8. The molecule has 0 saturated carbocycles. The van der Waals surface area contributed by atoms with E-state index in [2.05, 4.69) is 13.8 Å². The summed E-state index contributed by atoms with van der Waals surface area (Å²) >= 11 is 0. The van der Waals surface area contributed by atoms with Gasteiger partial charge in [0.2, 0.25) is 0 Å². The Morgan fingerprint density at radius 3 is 0.585 bits per heavy atom. The minimum absolute atomic E-state index is 0.609. The molecule has 0 fully saturated rings. The average Bonchev–Trinajstić information content (AvgIpc) is 2.98. The Morgan fingerprint density at radius 1 is 0.195 bits per heavy atom. The van der Waals surface area contributed by atoms with Crippen LogP contribution in [0.5, 0.6) is 0 Å². The van der Waals surface area contributed by atoms with E-state index in [1.165, 1.54) is 154 Å². The molecule has 0 aromatic rings. The summed E-state index contributed by atoms with van der Waals surface area (Å²) in [5.74, 6) is 0. The summed E-state index contributed by atoms with van der Waals surface area (Å²) in [7, 11) is 0. The zero-order valence-corrected chi connectivity index (χ0v) is 28.1. The molecule has 0 aliphatic rings. The maximum atomic E-state index is 5.68. The predicted molar refractivity (Wildman–Crippen MR) is 176 cm³/mol. The summed E-state index contributed by atoms with van der Waals surface area (Å²) in [5, 5.41) is 0. The van der Waals surface area contributed by atoms with E-state index in [1.807, 2.05) is 0 Å². The van der Waals surface area contributed by atoms with E-state index in [1.54, 1.807) is 0 Å². The molecule has 248 valence electrons. The standard InChI is InChI=1S/C36H74O5/c1-3-5-7-9-11-13-15-17-19-21-23-25-27-37-29-31-39-33-35-41-36-34-40-32-30-38-28-26-24-22-20-18-16-14-12-10-8-6-4-2/h3-36H2,1-2H3. The molecule has 0 amide bonds. The fourth-order valence-corrected chi connectivity index (χ4v) is 5.07. The highest BCUT2D eigenvalue weighted by Gasteiger charge is 1.97. The Kier molecular flexibility index (Phi) is 39.6. The van der Waals surface area contributed by atoms with E-state index in [0.717, 1.165) is 13.2 Å². The summed E-state index contributed by atoms with van der Waals surface area (Å²) in [4.78, 5) is 0. The van der Waals surface area contributed by atoms with Crippen LogP contribution < -0.4 is 0 Å². The van der Waals surface area contributed by atoms with Gasteiger partial charge in [0.15, 0.2) is 0 Å². The van der Waals surface area contributed by atoms with Crippen LogP contribution in [0.1, 0.15) is 168 Å². The van der Waals surface area contributed by atoms with Gasteiger partial charge in [-0.15, -0.1) is 0 Å². The molecule has 5 nitrogen and oxygen atoms in total. The van der Waals surface area contributed by atoms with Crippen molar-refractivity contribution in [1.29, 1.82) is 0 Å². The van der Waals surface area contributed by atoms with Gasteiger partial charge in [0.1, 0.15) is 0 Å². The van der Waals surface area contributed by atoms with E-state index in [0.29, 0.717) is 52.9 Å². The minimum Gasteiger partial charge on any atom is -0.379 e. The van der Waals surface area contributed by atoms with Gasteiger partial charge in [-0.3, -0.25) is 0 Å². The van der Waals surface area contributed by atoms with E-state index in [4.69, 9.17) is 23.7 Å². The third-order valence-electron chi connectivity index (χ3n) is 7.77. The topological polar surface area (TPSA) is 46.2 Å². The molecule has 0 N–H and O–H groups in total. The molecule has 5 heteroatoms. The van der Waals surface area contributed by atoms with Gasteiger partial charge in [-0.05, 0) is 12.8 Å². The van der Waals surface area contributed by atoms with E-state index in [-0.39, 0.29) is 0 Å². The highest BCUT2D eigenvalue weighted by atomic mass is 16.6. The fourth-order valence-electron chi connectivity index (χ4n) is 5.07. The smallest absolute Gasteiger partial charge is 0.0701 e. The van der Waals surface area contributed by atoms with Crippen molar-refractivity contribution in [2.75, 3.05) is 66.1 Å². The zero-order valence-electron chi connectivity index (χ0n) is 28.1. The number of rotatable bonds is 38. The van der Waals surface area contributed by atoms with Crippen molar-refractivity contribution in [2.45, 2.75) is 168 Å². The molecule has 41 heavy (non-hydrogen) atoms. The average molecular weight is 587 g/mol. The largest absolute Gasteiger partial charge is 0.379 e. The summed E-state index contributed by atoms with van der Waals surface area (Å²) in [6, 6.07) is 0. The first-order valence-corrected chi connectivity index (χ1v) is 18.3. The van der Waals surface area contributed by atoms with Crippen LogP contribution in [-0.2, 0) is 23.7 Å². The van der Waals surface area contributed by atoms with Crippen molar-refractivity contribution in [3.63, 3.8) is 0 Å². The van der Waals surface area contributed by atoms with Crippen LogP contribution >= 0.6 is 0 Å². The Balaban J connectivity index is 3.02. The Morgan fingerprint density at radius 2 is 0.366 bits per heavy atom. The van der Waals surface area contributed by atoms with Crippen LogP contribution in [-0.4, -0.2) is 66.1 Å². The Hall–Kier alpha value is -0.200. The maximum Gasteiger partial charge on any atom is 0.0701 e. The van der Waals surface area contributed by atoms with Crippen LogP contribution in [0, 0.1) is 0 Å². The molecule has 0 rings (SSSR count). The van der Waals surface area contributed by atoms with E-state index < -0.39 is 0 Å². The molecular formula is C36H74O5. The zero-order chi connectivity index (χ0) is 29.6. The second kappa shape index (κ2) is 39.8. The highest BCUT2D eigenvalue weighted by molar-refractivity contribution is 4.50. The van der Waals surface area contributed by atoms with Crippen LogP contribution in [0.3, 0.4) is 0 Å². The van der Waals surface area contributed by atoms with Gasteiger partial charge in [0.05, 0.1) is 52.9 Å². The number of hydrogen-bond acceptors (Lipinski definition) is 5. The molecule has 0 saturated heterocycles. The van der Waals surface area contributed by atoms with Crippen LogP contribution in [0.15, 0.2) is 0 Å². The lowest BCUT2D eigenvalue weighted by atomic mass is 10.1. The lowest BCUT2D eigenvalue weighted by Crippen LogP contribution is -2.13. The van der Waals surface area contributed by atoms with Gasteiger partial charge < -0.3 is 23.7 Å². The van der Waals surface area contributed by atoms with Crippen molar-refractivity contribution < 1.29 is 23.7 Å². The molecule has 0 radical (unpaired) electrons. The minimum atomic E-state index is 0.609. The SMILES string of the molecule is CCCCCCCCCCCCCCOCCOCCOCCOCCOCCCCCCCCCCCCCC. The van der Waals surface area contributed by atoms with Crippen molar-refractivity contribution in [3.8, 4) is 0 Å². The number of unbranched alkanes of at least 4 members (excludes halogenated alkanes) is 22. The second-order valence-electron chi connectivity index (χ2n) is 11.8. The van der Waals surface area contributed by atoms with Crippen LogP contribution in [0.25, 0.3) is 0 Å². The van der Waals surface area contributed by atoms with Crippen molar-refractivity contribution >= 4 is 0 Å². The van der Waals surface area contributed by atoms with Gasteiger partial charge >= 0.3 is 0 Å². The fraction of sp³-hybridized carbons (Fsp3) is 1.00. The summed E-state index contributed by atoms with van der Waals surface area (Å²) < 4.78 is 28.1. The number of hydrogen-bond donors (Lipinski definition) is 0. The third-order valence-corrected chi connectivity index (χ3v) is 7.77. The molecule has 0 aliphatic carbocycles. The quantitative estimate of drug-likeness (QED) is 0.0673. The highest BCUT2D eigenvalue weighted by Crippen LogP contribution is 2.13. The van der Waals surface area contributed by atoms with Crippen LogP contribution in [0.2, 0.25) is 0 Å². The van der Waals surface area contributed by atoms with Gasteiger partial charge in [0.25, 0.3) is 0 Å². The molecule has 0 bridgehead atoms. The van der Waals surface area contributed by atoms with Gasteiger partial charge in [0, 0.05) is 13.2 Å². The lowest BCUT2D eigenvalue weighted by molar-refractivity contribution is -0.0114. The first kappa shape index (κ1) is 40.8. The van der Waals surface area contributed by atoms with Crippen molar-refractivity contribution in [1.82, 2.24) is 0 Å². The first-order chi connectivity index (χ1) is 20.4. The summed E-state index contributed by atoms with van der Waals surface area (Å²) in [6.07, 6.45) is 33.0. The maximum absolute atomic E-state index is 5.68. The molecule has 0 aliphatic heterocycles. The Bertz CT molecular complexity index is 396. The number of ether oxygens (including phenoxy) is 5. The van der Waals surface area contributed by atoms with Gasteiger partial charge in [-0.2, -0.15) is 0 Å². The lowest BCUT2D eigenvalue weighted by Gasteiger charge is -2.08. The van der Waals surface area contributed by atoms with Crippen LogP contribution in [0.4, 0.5) is 0 Å². The van der Waals surface area contributed by atoms with E-state index in [9.17, 15) is 0 Å². The molecule has 0 spiro atoms. The predicted octanol–water partition coefficient (Wildman–Crippen LogP) is 10.5. The normalized spacial score (nSPS) is 11.6. The molecular weight excluding hydrogens is 512 g/mol. The van der Waals surface area contributed by atoms with Crippen molar-refractivity contribution in [3.05, 3.63) is 0 Å². The summed E-state index contributed by atoms with van der Waals surface area (Å²) in [6.45, 7) is 11.4. The summed E-state index contributed by atoms with van der Waals surface area (Å²) in [5.41, 5.74) is 0. The Labute approximate surface area is 257 Å². The van der Waals surface area contributed by atoms with Gasteiger partial charge in [-0.25, -0.2) is 0 Å². The van der Waals surface area contributed by atoms with E-state index >= 15 is 0 Å². The molecule has 0 aromatic carbocycles. The third kappa shape index (κ3) is 39.8. The van der Waals surface area contributed by atoms with Gasteiger partial charge in [-0.1, -0.05) is 155 Å². The molecule has 0 heterocycles. The monoisotopic (exact) mass is 587 g/mol. The molecule has 0 atom stereocenters.